The van der Waals surface area contributed by atoms with Crippen LogP contribution in [-0.4, -0.2) is 22.5 Å². The topological polar surface area (TPSA) is 37.6 Å². The Bertz CT molecular complexity index is 674. The largest absolute Gasteiger partial charge is 0.356 e. The van der Waals surface area contributed by atoms with E-state index in [0.29, 0.717) is 0 Å². The molecule has 3 rings (SSSR count). The Kier molecular flexibility index (Phi) is 3.31. The van der Waals surface area contributed by atoms with E-state index in [1.165, 1.54) is 19.3 Å². The number of fused-ring (bicyclic) bond motifs is 1. The molecule has 0 unspecified atom stereocenters. The molecule has 1 aliphatic rings. The molecule has 0 bridgehead atoms. The van der Waals surface area contributed by atoms with Crippen LogP contribution in [0.5, 0.6) is 0 Å². The summed E-state index contributed by atoms with van der Waals surface area (Å²) in [5.41, 5.74) is 1.71. The Morgan fingerprint density at radius 2 is 1.95 bits per heavy atom. The molecule has 0 amide bonds. The van der Waals surface area contributed by atoms with Crippen molar-refractivity contribution in [1.82, 2.24) is 9.38 Å². The summed E-state index contributed by atoms with van der Waals surface area (Å²) in [6, 6.07) is 4.02. The third kappa shape index (κ3) is 2.39. The monoisotopic (exact) mass is 321 g/mol. The van der Waals surface area contributed by atoms with Crippen LogP contribution in [0.1, 0.15) is 24.8 Å². The number of nitrogens with zero attached hydrogens (tertiary/aromatic N) is 3. The lowest BCUT2D eigenvalue weighted by Crippen LogP contribution is -2.32. The van der Waals surface area contributed by atoms with Crippen molar-refractivity contribution in [2.45, 2.75) is 26.2 Å². The van der Waals surface area contributed by atoms with E-state index in [-0.39, 0.29) is 5.69 Å². The van der Waals surface area contributed by atoms with Crippen molar-refractivity contribution in [3.63, 3.8) is 0 Å². The highest BCUT2D eigenvalue weighted by Crippen LogP contribution is 2.23. The van der Waals surface area contributed by atoms with Gasteiger partial charge >= 0.3 is 5.69 Å². The molecular formula is C14H16BrN3O. The second kappa shape index (κ2) is 4.96. The molecule has 1 saturated heterocycles. The lowest BCUT2D eigenvalue weighted by molar-refractivity contribution is 0.572. The van der Waals surface area contributed by atoms with E-state index in [4.69, 9.17) is 0 Å². The molecule has 100 valence electrons. The average Bonchev–Trinajstić information content (AvgIpc) is 2.41. The average molecular weight is 322 g/mol. The minimum Gasteiger partial charge on any atom is -0.356 e. The van der Waals surface area contributed by atoms with Crippen molar-refractivity contribution in [1.29, 1.82) is 0 Å². The summed E-state index contributed by atoms with van der Waals surface area (Å²) in [6.07, 6.45) is 5.45. The van der Waals surface area contributed by atoms with Gasteiger partial charge in [-0.15, -0.1) is 0 Å². The van der Waals surface area contributed by atoms with Crippen LogP contribution < -0.4 is 10.6 Å². The molecule has 0 radical (unpaired) electrons. The van der Waals surface area contributed by atoms with Crippen molar-refractivity contribution in [3.05, 3.63) is 38.9 Å². The first-order chi connectivity index (χ1) is 9.15. The quantitative estimate of drug-likeness (QED) is 0.810. The molecule has 0 N–H and O–H groups in total. The lowest BCUT2D eigenvalue weighted by Gasteiger charge is -2.27. The second-order valence-corrected chi connectivity index (χ2v) is 5.92. The third-order valence-electron chi connectivity index (χ3n) is 3.55. The maximum Gasteiger partial charge on any atom is 0.354 e. The minimum absolute atomic E-state index is 0.206. The van der Waals surface area contributed by atoms with Gasteiger partial charge < -0.3 is 4.90 Å². The molecule has 5 heteroatoms. The minimum atomic E-state index is -0.206. The van der Waals surface area contributed by atoms with Crippen LogP contribution in [0.15, 0.2) is 27.6 Å². The molecular weight excluding hydrogens is 306 g/mol. The molecule has 0 spiro atoms. The van der Waals surface area contributed by atoms with Crippen LogP contribution in [0, 0.1) is 6.92 Å². The summed E-state index contributed by atoms with van der Waals surface area (Å²) in [6.45, 7) is 3.95. The summed E-state index contributed by atoms with van der Waals surface area (Å²) in [7, 11) is 0. The van der Waals surface area contributed by atoms with Crippen molar-refractivity contribution < 1.29 is 0 Å². The molecule has 1 aliphatic heterocycles. The number of rotatable bonds is 1. The first-order valence-electron chi connectivity index (χ1n) is 6.60. The molecule has 3 heterocycles. The van der Waals surface area contributed by atoms with Gasteiger partial charge in [0, 0.05) is 29.8 Å². The highest BCUT2D eigenvalue weighted by atomic mass is 79.9. The van der Waals surface area contributed by atoms with Crippen LogP contribution in [0.25, 0.3) is 5.52 Å². The highest BCUT2D eigenvalue weighted by Gasteiger charge is 2.14. The summed E-state index contributed by atoms with van der Waals surface area (Å²) < 4.78 is 2.54. The first-order valence-corrected chi connectivity index (χ1v) is 7.39. The first kappa shape index (κ1) is 12.7. The Labute approximate surface area is 120 Å². The fourth-order valence-corrected chi connectivity index (χ4v) is 3.25. The zero-order valence-electron chi connectivity index (χ0n) is 10.9. The number of halogens is 1. The van der Waals surface area contributed by atoms with Crippen molar-refractivity contribution >= 4 is 27.3 Å². The zero-order valence-corrected chi connectivity index (χ0v) is 12.5. The third-order valence-corrected chi connectivity index (χ3v) is 4.19. The SMILES string of the molecule is Cc1cc(Br)c2cc(N3CCCCC3)nc(=O)n2c1. The van der Waals surface area contributed by atoms with E-state index in [0.717, 1.165) is 34.5 Å². The summed E-state index contributed by atoms with van der Waals surface area (Å²) in [4.78, 5) is 18.6. The maximum absolute atomic E-state index is 12.2. The zero-order chi connectivity index (χ0) is 13.4. The molecule has 4 nitrogen and oxygen atoms in total. The molecule has 19 heavy (non-hydrogen) atoms. The van der Waals surface area contributed by atoms with Gasteiger partial charge in [-0.2, -0.15) is 4.98 Å². The van der Waals surface area contributed by atoms with Crippen molar-refractivity contribution in [2.75, 3.05) is 18.0 Å². The number of hydrogen-bond donors (Lipinski definition) is 0. The van der Waals surface area contributed by atoms with Gasteiger partial charge in [-0.05, 0) is 53.7 Å². The molecule has 0 aliphatic carbocycles. The maximum atomic E-state index is 12.2. The molecule has 2 aromatic heterocycles. The molecule has 0 saturated carbocycles. The van der Waals surface area contributed by atoms with Gasteiger partial charge in [0.1, 0.15) is 5.82 Å². The normalized spacial score (nSPS) is 16.0. The van der Waals surface area contributed by atoms with E-state index >= 15 is 0 Å². The number of pyridine rings is 1. The Morgan fingerprint density at radius 1 is 1.21 bits per heavy atom. The number of aromatic nitrogens is 2. The Hall–Kier alpha value is -1.36. The fourth-order valence-electron chi connectivity index (χ4n) is 2.59. The van der Waals surface area contributed by atoms with E-state index < -0.39 is 0 Å². The number of anilines is 1. The predicted molar refractivity (Wildman–Crippen MR) is 80.0 cm³/mol. The fraction of sp³-hybridized carbons (Fsp3) is 0.429. The number of piperidine rings is 1. The predicted octanol–water partition coefficient (Wildman–Crippen LogP) is 2.76. The van der Waals surface area contributed by atoms with Gasteiger partial charge in [-0.3, -0.25) is 4.40 Å². The van der Waals surface area contributed by atoms with Crippen LogP contribution in [-0.2, 0) is 0 Å². The molecule has 2 aromatic rings. The van der Waals surface area contributed by atoms with Crippen LogP contribution in [0.4, 0.5) is 5.82 Å². The van der Waals surface area contributed by atoms with E-state index in [1.807, 2.05) is 25.3 Å². The summed E-state index contributed by atoms with van der Waals surface area (Å²) in [5, 5.41) is 0. The lowest BCUT2D eigenvalue weighted by atomic mass is 10.1. The van der Waals surface area contributed by atoms with Gasteiger partial charge in [0.2, 0.25) is 0 Å². The van der Waals surface area contributed by atoms with Crippen LogP contribution in [0.2, 0.25) is 0 Å². The second-order valence-electron chi connectivity index (χ2n) is 5.07. The Balaban J connectivity index is 2.15. The van der Waals surface area contributed by atoms with Gasteiger partial charge in [0.05, 0.1) is 5.52 Å². The number of aryl methyl sites for hydroxylation is 1. The van der Waals surface area contributed by atoms with Crippen LogP contribution in [0.3, 0.4) is 0 Å². The summed E-state index contributed by atoms with van der Waals surface area (Å²) in [5.74, 6) is 0.800. The van der Waals surface area contributed by atoms with Crippen molar-refractivity contribution in [2.24, 2.45) is 0 Å². The van der Waals surface area contributed by atoms with E-state index in [9.17, 15) is 4.79 Å². The van der Waals surface area contributed by atoms with Gasteiger partial charge in [-0.25, -0.2) is 4.79 Å². The van der Waals surface area contributed by atoms with E-state index in [1.54, 1.807) is 4.40 Å². The highest BCUT2D eigenvalue weighted by molar-refractivity contribution is 9.10. The smallest absolute Gasteiger partial charge is 0.354 e. The molecule has 0 aromatic carbocycles. The van der Waals surface area contributed by atoms with Gasteiger partial charge in [0.15, 0.2) is 0 Å². The molecule has 0 atom stereocenters. The van der Waals surface area contributed by atoms with Gasteiger partial charge in [-0.1, -0.05) is 0 Å². The van der Waals surface area contributed by atoms with Crippen LogP contribution >= 0.6 is 15.9 Å². The van der Waals surface area contributed by atoms with Crippen molar-refractivity contribution in [3.8, 4) is 0 Å². The Morgan fingerprint density at radius 3 is 2.68 bits per heavy atom. The van der Waals surface area contributed by atoms with E-state index in [2.05, 4.69) is 25.8 Å². The van der Waals surface area contributed by atoms with Gasteiger partial charge in [0.25, 0.3) is 0 Å². The standard InChI is InChI=1S/C14H16BrN3O/c1-10-7-11(15)12-8-13(16-14(19)18(12)9-10)17-5-3-2-4-6-17/h7-9H,2-6H2,1H3. The summed E-state index contributed by atoms with van der Waals surface area (Å²) >= 11 is 3.53. The number of hydrogen-bond acceptors (Lipinski definition) is 3. The molecule has 1 fully saturated rings.